The molecule has 0 aromatic carbocycles. The van der Waals surface area contributed by atoms with Gasteiger partial charge in [-0.2, -0.15) is 0 Å². The van der Waals surface area contributed by atoms with E-state index < -0.39 is 0 Å². The fourth-order valence-corrected chi connectivity index (χ4v) is 2.53. The number of hydrogen-bond acceptors (Lipinski definition) is 3. The van der Waals surface area contributed by atoms with Crippen molar-refractivity contribution < 1.29 is 4.74 Å². The second-order valence-electron chi connectivity index (χ2n) is 5.80. The lowest BCUT2D eigenvalue weighted by molar-refractivity contribution is 0.143. The van der Waals surface area contributed by atoms with Gasteiger partial charge in [0.1, 0.15) is 0 Å². The second kappa shape index (κ2) is 10.00. The summed E-state index contributed by atoms with van der Waals surface area (Å²) in [6.45, 7) is 12.1. The number of guanidine groups is 1. The van der Waals surface area contributed by atoms with E-state index in [1.807, 2.05) is 6.92 Å². The van der Waals surface area contributed by atoms with Crippen molar-refractivity contribution in [3.05, 3.63) is 0 Å². The average Bonchev–Trinajstić information content (AvgIpc) is 2.45. The molecule has 1 saturated heterocycles. The molecule has 0 aromatic rings. The van der Waals surface area contributed by atoms with Crippen LogP contribution in [-0.2, 0) is 4.74 Å². The van der Waals surface area contributed by atoms with Crippen LogP contribution in [0.4, 0.5) is 0 Å². The summed E-state index contributed by atoms with van der Waals surface area (Å²) in [7, 11) is 0. The Morgan fingerprint density at radius 1 is 1.50 bits per heavy atom. The molecule has 118 valence electrons. The number of rotatable bonds is 8. The smallest absolute Gasteiger partial charge is 0.188 e. The number of nitrogens with one attached hydrogen (secondary N) is 1. The standard InChI is InChI=1S/C15H32N4O/c1-4-20-10-6-8-17-15(16)18-11-14-7-5-9-19(12-14)13(2)3/h13-14H,4-12H2,1-3H3,(H3,16,17,18). The van der Waals surface area contributed by atoms with Crippen LogP contribution in [0.1, 0.15) is 40.0 Å². The highest BCUT2D eigenvalue weighted by Gasteiger charge is 2.21. The van der Waals surface area contributed by atoms with Gasteiger partial charge in [-0.25, -0.2) is 0 Å². The first kappa shape index (κ1) is 17.2. The number of hydrogen-bond donors (Lipinski definition) is 2. The molecule has 1 rings (SSSR count). The third kappa shape index (κ3) is 7.10. The minimum absolute atomic E-state index is 0.572. The van der Waals surface area contributed by atoms with E-state index in [1.165, 1.54) is 19.4 Å². The molecule has 0 saturated carbocycles. The fraction of sp³-hybridized carbons (Fsp3) is 0.933. The summed E-state index contributed by atoms with van der Waals surface area (Å²) >= 11 is 0. The molecule has 1 heterocycles. The number of nitrogens with two attached hydrogens (primary N) is 1. The molecule has 1 aliphatic heterocycles. The van der Waals surface area contributed by atoms with Crippen LogP contribution in [0.3, 0.4) is 0 Å². The third-order valence-electron chi connectivity index (χ3n) is 3.78. The minimum Gasteiger partial charge on any atom is -0.382 e. The van der Waals surface area contributed by atoms with Crippen molar-refractivity contribution in [3.8, 4) is 0 Å². The monoisotopic (exact) mass is 284 g/mol. The fourth-order valence-electron chi connectivity index (χ4n) is 2.53. The second-order valence-corrected chi connectivity index (χ2v) is 5.80. The maximum Gasteiger partial charge on any atom is 0.188 e. The molecular weight excluding hydrogens is 252 g/mol. The van der Waals surface area contributed by atoms with E-state index in [4.69, 9.17) is 10.5 Å². The summed E-state index contributed by atoms with van der Waals surface area (Å²) in [5.41, 5.74) is 5.88. The minimum atomic E-state index is 0.572. The van der Waals surface area contributed by atoms with Crippen molar-refractivity contribution in [3.63, 3.8) is 0 Å². The Kier molecular flexibility index (Phi) is 8.62. The maximum atomic E-state index is 5.88. The molecule has 0 spiro atoms. The summed E-state index contributed by atoms with van der Waals surface area (Å²) in [5, 5.41) is 3.15. The quantitative estimate of drug-likeness (QED) is 0.402. The molecule has 1 aliphatic rings. The first-order chi connectivity index (χ1) is 9.63. The number of likely N-dealkylation sites (tertiary alicyclic amines) is 1. The lowest BCUT2D eigenvalue weighted by Gasteiger charge is -2.34. The van der Waals surface area contributed by atoms with Gasteiger partial charge in [-0.1, -0.05) is 0 Å². The van der Waals surface area contributed by atoms with Gasteiger partial charge in [0.2, 0.25) is 0 Å². The van der Waals surface area contributed by atoms with Crippen molar-refractivity contribution in [2.24, 2.45) is 16.6 Å². The molecule has 0 bridgehead atoms. The van der Waals surface area contributed by atoms with Gasteiger partial charge in [0.05, 0.1) is 0 Å². The molecule has 0 aliphatic carbocycles. The molecule has 20 heavy (non-hydrogen) atoms. The predicted octanol–water partition coefficient (Wildman–Crippen LogP) is 1.44. The van der Waals surface area contributed by atoms with Crippen LogP contribution >= 0.6 is 0 Å². The average molecular weight is 284 g/mol. The predicted molar refractivity (Wildman–Crippen MR) is 85.0 cm³/mol. The SMILES string of the molecule is CCOCCCNC(N)=NCC1CCCN(C(C)C)C1. The normalized spacial score (nSPS) is 21.4. The zero-order valence-electron chi connectivity index (χ0n) is 13.4. The molecule has 1 atom stereocenters. The Morgan fingerprint density at radius 2 is 2.30 bits per heavy atom. The van der Waals surface area contributed by atoms with Gasteiger partial charge < -0.3 is 20.7 Å². The highest BCUT2D eigenvalue weighted by atomic mass is 16.5. The Hall–Kier alpha value is -0.810. The lowest BCUT2D eigenvalue weighted by atomic mass is 9.97. The van der Waals surface area contributed by atoms with E-state index >= 15 is 0 Å². The lowest BCUT2D eigenvalue weighted by Crippen LogP contribution is -2.41. The number of piperidine rings is 1. The molecule has 0 radical (unpaired) electrons. The maximum absolute atomic E-state index is 5.88. The van der Waals surface area contributed by atoms with Crippen molar-refractivity contribution in [2.45, 2.75) is 46.1 Å². The zero-order valence-corrected chi connectivity index (χ0v) is 13.4. The Morgan fingerprint density at radius 3 is 3.00 bits per heavy atom. The van der Waals surface area contributed by atoms with E-state index in [9.17, 15) is 0 Å². The largest absolute Gasteiger partial charge is 0.382 e. The topological polar surface area (TPSA) is 62.9 Å². The zero-order chi connectivity index (χ0) is 14.8. The summed E-state index contributed by atoms with van der Waals surface area (Å²) in [6.07, 6.45) is 3.51. The van der Waals surface area contributed by atoms with E-state index in [0.717, 1.165) is 39.3 Å². The molecule has 0 aromatic heterocycles. The van der Waals surface area contributed by atoms with Gasteiger partial charge in [-0.15, -0.1) is 0 Å². The van der Waals surface area contributed by atoms with Gasteiger partial charge in [-0.3, -0.25) is 4.99 Å². The van der Waals surface area contributed by atoms with Crippen LogP contribution in [0, 0.1) is 5.92 Å². The number of aliphatic imine (C=N–C) groups is 1. The van der Waals surface area contributed by atoms with Gasteiger partial charge in [-0.05, 0) is 52.5 Å². The van der Waals surface area contributed by atoms with E-state index in [2.05, 4.69) is 29.1 Å². The summed E-state index contributed by atoms with van der Waals surface area (Å²) in [6, 6.07) is 0.635. The number of ether oxygens (including phenoxy) is 1. The first-order valence-corrected chi connectivity index (χ1v) is 7.99. The van der Waals surface area contributed by atoms with Crippen LogP contribution in [0.25, 0.3) is 0 Å². The Bertz CT molecular complexity index is 281. The molecule has 5 nitrogen and oxygen atoms in total. The molecule has 1 unspecified atom stereocenters. The molecule has 1 fully saturated rings. The summed E-state index contributed by atoms with van der Waals surface area (Å²) < 4.78 is 5.28. The first-order valence-electron chi connectivity index (χ1n) is 7.99. The summed E-state index contributed by atoms with van der Waals surface area (Å²) in [5.74, 6) is 1.22. The van der Waals surface area contributed by atoms with Gasteiger partial charge >= 0.3 is 0 Å². The van der Waals surface area contributed by atoms with Crippen LogP contribution in [-0.4, -0.2) is 56.3 Å². The molecule has 5 heteroatoms. The van der Waals surface area contributed by atoms with Gasteiger partial charge in [0.15, 0.2) is 5.96 Å². The van der Waals surface area contributed by atoms with Crippen LogP contribution < -0.4 is 11.1 Å². The summed E-state index contributed by atoms with van der Waals surface area (Å²) in [4.78, 5) is 7.01. The van der Waals surface area contributed by atoms with E-state index in [0.29, 0.717) is 17.9 Å². The highest BCUT2D eigenvalue weighted by molar-refractivity contribution is 5.77. The Balaban J connectivity index is 2.17. The molecule has 3 N–H and O–H groups in total. The van der Waals surface area contributed by atoms with Crippen LogP contribution in [0.15, 0.2) is 4.99 Å². The van der Waals surface area contributed by atoms with Gasteiger partial charge in [0.25, 0.3) is 0 Å². The van der Waals surface area contributed by atoms with Crippen molar-refractivity contribution >= 4 is 5.96 Å². The number of nitrogens with zero attached hydrogens (tertiary/aromatic N) is 2. The molecule has 0 amide bonds. The molecular formula is C15H32N4O. The van der Waals surface area contributed by atoms with Crippen molar-refractivity contribution in [1.29, 1.82) is 0 Å². The van der Waals surface area contributed by atoms with Gasteiger partial charge in [0, 0.05) is 38.9 Å². The van der Waals surface area contributed by atoms with Crippen LogP contribution in [0.2, 0.25) is 0 Å². The van der Waals surface area contributed by atoms with Crippen molar-refractivity contribution in [2.75, 3.05) is 39.4 Å². The van der Waals surface area contributed by atoms with Crippen molar-refractivity contribution in [1.82, 2.24) is 10.2 Å². The van der Waals surface area contributed by atoms with Crippen LogP contribution in [0.5, 0.6) is 0 Å². The third-order valence-corrected chi connectivity index (χ3v) is 3.78. The van der Waals surface area contributed by atoms with E-state index in [-0.39, 0.29) is 0 Å². The highest BCUT2D eigenvalue weighted by Crippen LogP contribution is 2.18. The van der Waals surface area contributed by atoms with E-state index in [1.54, 1.807) is 0 Å². The Labute approximate surface area is 124 Å².